The van der Waals surface area contributed by atoms with Gasteiger partial charge in [0, 0.05) is 53.3 Å². The fourth-order valence-corrected chi connectivity index (χ4v) is 12.7. The summed E-state index contributed by atoms with van der Waals surface area (Å²) in [6.07, 6.45) is 0. The van der Waals surface area contributed by atoms with Crippen LogP contribution in [0.3, 0.4) is 0 Å². The Hall–Kier alpha value is -7.39. The topological polar surface area (TPSA) is 63.2 Å². The lowest BCUT2D eigenvalue weighted by molar-refractivity contribution is 0.477. The average molecular weight is 859 g/mol. The Morgan fingerprint density at radius 3 is 1.30 bits per heavy atom. The van der Waals surface area contributed by atoms with Crippen molar-refractivity contribution in [1.82, 2.24) is 0 Å². The van der Waals surface area contributed by atoms with E-state index in [9.17, 15) is 0 Å². The molecule has 0 spiro atoms. The molecule has 0 unspecified atom stereocenters. The Morgan fingerprint density at radius 1 is 0.359 bits per heavy atom. The Morgan fingerprint density at radius 2 is 0.812 bits per heavy atom. The molecule has 9 aromatic carbocycles. The van der Waals surface area contributed by atoms with Gasteiger partial charge in [0.1, 0.15) is 45.7 Å². The van der Waals surface area contributed by atoms with E-state index in [2.05, 4.69) is 72.8 Å². The predicted molar refractivity (Wildman–Crippen MR) is 258 cm³/mol. The van der Waals surface area contributed by atoms with Crippen LogP contribution in [0.4, 0.5) is 0 Å². The first-order valence-electron chi connectivity index (χ1n) is 21.3. The maximum atomic E-state index is 6.91. The summed E-state index contributed by atoms with van der Waals surface area (Å²) in [4.78, 5) is 4.82. The quantitative estimate of drug-likeness (QED) is 0.162. The van der Waals surface area contributed by atoms with Gasteiger partial charge in [0.05, 0.1) is 0 Å². The van der Waals surface area contributed by atoms with Gasteiger partial charge in [0.2, 0.25) is 0 Å². The Kier molecular flexibility index (Phi) is 7.18. The van der Waals surface area contributed by atoms with Crippen LogP contribution in [0.5, 0.6) is 46.0 Å². The highest BCUT2D eigenvalue weighted by atomic mass is 32.2. The second kappa shape index (κ2) is 13.1. The first-order chi connectivity index (χ1) is 31.7. The van der Waals surface area contributed by atoms with Gasteiger partial charge in [-0.25, -0.2) is 0 Å². The minimum Gasteiger partial charge on any atom is -0.457 e. The van der Waals surface area contributed by atoms with Crippen molar-refractivity contribution in [1.29, 1.82) is 0 Å². The molecule has 0 aliphatic carbocycles. The lowest BCUT2D eigenvalue weighted by atomic mass is 9.32. The lowest BCUT2D eigenvalue weighted by Gasteiger charge is -2.36. The summed E-state index contributed by atoms with van der Waals surface area (Å²) in [5, 5.41) is 4.08. The van der Waals surface area contributed by atoms with Crippen molar-refractivity contribution in [2.75, 3.05) is 0 Å². The summed E-state index contributed by atoms with van der Waals surface area (Å²) in [6.45, 7) is -0.144. The molecule has 4 aliphatic heterocycles. The van der Waals surface area contributed by atoms with Crippen molar-refractivity contribution in [3.63, 3.8) is 0 Å². The number of fused-ring (bicyclic) bond motifs is 16. The highest BCUT2D eigenvalue weighted by molar-refractivity contribution is 8.01. The maximum Gasteiger partial charge on any atom is 0.254 e. The molecule has 298 valence electrons. The summed E-state index contributed by atoms with van der Waals surface area (Å²) in [5.74, 6) is 6.21. The zero-order valence-corrected chi connectivity index (χ0v) is 35.2. The molecule has 0 saturated heterocycles. The summed E-state index contributed by atoms with van der Waals surface area (Å²) >= 11 is 3.64. The molecule has 2 aromatic heterocycles. The second-order valence-electron chi connectivity index (χ2n) is 16.6. The third-order valence-corrected chi connectivity index (χ3v) is 15.3. The monoisotopic (exact) mass is 858 g/mol. The molecule has 0 amide bonds. The summed E-state index contributed by atoms with van der Waals surface area (Å²) in [7, 11) is 0. The van der Waals surface area contributed by atoms with E-state index >= 15 is 0 Å². The van der Waals surface area contributed by atoms with Crippen LogP contribution in [0, 0.1) is 0 Å². The van der Waals surface area contributed by atoms with E-state index in [1.54, 1.807) is 0 Å². The lowest BCUT2D eigenvalue weighted by Crippen LogP contribution is -2.62. The fourth-order valence-electron chi connectivity index (χ4n) is 10.3. The Balaban J connectivity index is 0.904. The van der Waals surface area contributed by atoms with Crippen LogP contribution in [0.2, 0.25) is 0 Å². The number of hydrogen-bond acceptors (Lipinski definition) is 8. The smallest absolute Gasteiger partial charge is 0.254 e. The van der Waals surface area contributed by atoms with Gasteiger partial charge < -0.3 is 27.8 Å². The van der Waals surface area contributed by atoms with Crippen LogP contribution >= 0.6 is 23.5 Å². The SMILES string of the molecule is c1ccc(Oc2ccc3c(c2)oc2c4c5c(cc23)Sc2cc3c(cc2B5c2ccccc2O4)B2c4ccccc4Oc4c2c(cc2c4oc4cc(Oc5ccccc5)ccc42)S3)cc1. The molecule has 0 radical (unpaired) electrons. The second-order valence-corrected chi connectivity index (χ2v) is 18.8. The molecule has 6 nitrogen and oxygen atoms in total. The molecule has 0 N–H and O–H groups in total. The molecule has 11 aromatic rings. The van der Waals surface area contributed by atoms with E-state index in [1.807, 2.05) is 121 Å². The maximum absolute atomic E-state index is 6.91. The number of rotatable bonds is 4. The van der Waals surface area contributed by atoms with Gasteiger partial charge in [-0.1, -0.05) is 113 Å². The number of para-hydroxylation sites is 4. The molecule has 0 atom stereocenters. The molecule has 0 saturated carbocycles. The molecule has 4 aliphatic rings. The van der Waals surface area contributed by atoms with E-state index in [4.69, 9.17) is 27.8 Å². The highest BCUT2D eigenvalue weighted by Crippen LogP contribution is 2.48. The zero-order valence-electron chi connectivity index (χ0n) is 33.6. The summed E-state index contributed by atoms with van der Waals surface area (Å²) < 4.78 is 39.8. The van der Waals surface area contributed by atoms with Crippen molar-refractivity contribution in [2.24, 2.45) is 0 Å². The van der Waals surface area contributed by atoms with Gasteiger partial charge in [-0.2, -0.15) is 0 Å². The molecule has 64 heavy (non-hydrogen) atoms. The van der Waals surface area contributed by atoms with Crippen molar-refractivity contribution < 1.29 is 27.8 Å². The van der Waals surface area contributed by atoms with Crippen LogP contribution in [0.25, 0.3) is 43.9 Å². The van der Waals surface area contributed by atoms with E-state index in [0.717, 1.165) is 100 Å². The minimum atomic E-state index is -0.0720. The van der Waals surface area contributed by atoms with Crippen molar-refractivity contribution in [3.8, 4) is 46.0 Å². The molecular formula is C54H28B2O6S2. The first kappa shape index (κ1) is 35.1. The molecule has 0 fully saturated rings. The van der Waals surface area contributed by atoms with Gasteiger partial charge in [-0.05, 0) is 101 Å². The van der Waals surface area contributed by atoms with Crippen molar-refractivity contribution in [2.45, 2.75) is 19.6 Å². The highest BCUT2D eigenvalue weighted by Gasteiger charge is 2.45. The predicted octanol–water partition coefficient (Wildman–Crippen LogP) is 11.2. The third-order valence-electron chi connectivity index (χ3n) is 13.0. The normalized spacial score (nSPS) is 13.7. The Labute approximate surface area is 374 Å². The van der Waals surface area contributed by atoms with Gasteiger partial charge in [-0.3, -0.25) is 0 Å². The first-order valence-corrected chi connectivity index (χ1v) is 22.9. The van der Waals surface area contributed by atoms with Crippen LogP contribution in [-0.2, 0) is 0 Å². The number of benzene rings is 9. The summed E-state index contributed by atoms with van der Waals surface area (Å²) in [5.41, 5.74) is 10.1. The number of furan rings is 2. The van der Waals surface area contributed by atoms with Crippen LogP contribution in [0.15, 0.2) is 198 Å². The van der Waals surface area contributed by atoms with E-state index in [-0.39, 0.29) is 13.4 Å². The van der Waals surface area contributed by atoms with Crippen LogP contribution < -0.4 is 51.7 Å². The van der Waals surface area contributed by atoms with E-state index in [0.29, 0.717) is 11.5 Å². The number of ether oxygens (including phenoxy) is 4. The van der Waals surface area contributed by atoms with Gasteiger partial charge in [0.25, 0.3) is 13.4 Å². The van der Waals surface area contributed by atoms with E-state index in [1.165, 1.54) is 30.5 Å². The largest absolute Gasteiger partial charge is 0.457 e. The molecule has 0 bridgehead atoms. The average Bonchev–Trinajstić information content (AvgIpc) is 3.89. The minimum absolute atomic E-state index is 0.0720. The third kappa shape index (κ3) is 5.03. The standard InChI is InChI=1S/C54H28B2O6S2/c1-3-11-29(12-4-1)57-31-19-21-33-35-25-47-49-53(51(35)61-43(33)23-31)59-41-17-9-7-15-37(41)55(49)39-27-40-46(28-45(39)63-47)64-48-26-36-34-22-20-32(58-30-13-5-2-6-14-30)24-44(34)62-52(36)54-50(48)56(40)38-16-8-10-18-42(38)60-54/h1-28H. The van der Waals surface area contributed by atoms with Gasteiger partial charge >= 0.3 is 0 Å². The van der Waals surface area contributed by atoms with Crippen LogP contribution in [-0.4, -0.2) is 13.4 Å². The molecule has 10 heteroatoms. The van der Waals surface area contributed by atoms with E-state index < -0.39 is 0 Å². The van der Waals surface area contributed by atoms with Gasteiger partial charge in [0.15, 0.2) is 22.7 Å². The zero-order chi connectivity index (χ0) is 41.6. The molecule has 6 heterocycles. The van der Waals surface area contributed by atoms with Crippen molar-refractivity contribution in [3.05, 3.63) is 170 Å². The van der Waals surface area contributed by atoms with Gasteiger partial charge in [-0.15, -0.1) is 0 Å². The fraction of sp³-hybridized carbons (Fsp3) is 0. The molecule has 15 rings (SSSR count). The summed E-state index contributed by atoms with van der Waals surface area (Å²) in [6, 6.07) is 58.2. The number of hydrogen-bond donors (Lipinski definition) is 0. The van der Waals surface area contributed by atoms with Crippen LogP contribution in [0.1, 0.15) is 0 Å². The Bertz CT molecular complexity index is 3580. The van der Waals surface area contributed by atoms with Crippen molar-refractivity contribution >= 4 is 114 Å². The molecular weight excluding hydrogens is 830 g/mol.